The van der Waals surface area contributed by atoms with Gasteiger partial charge in [0.25, 0.3) is 5.91 Å². The minimum atomic E-state index is -1.27. The molecule has 0 aromatic heterocycles. The van der Waals surface area contributed by atoms with E-state index in [0.717, 1.165) is 12.0 Å². The van der Waals surface area contributed by atoms with Gasteiger partial charge < -0.3 is 29.3 Å². The lowest BCUT2D eigenvalue weighted by molar-refractivity contribution is -0.144. The molecule has 0 saturated carbocycles. The molecule has 5 atom stereocenters. The molecule has 0 aliphatic carbocycles. The zero-order chi connectivity index (χ0) is 29.3. The van der Waals surface area contributed by atoms with Crippen LogP contribution in [0, 0.1) is 11.8 Å². The summed E-state index contributed by atoms with van der Waals surface area (Å²) in [7, 11) is 1.59. The maximum Gasteiger partial charge on any atom is 0.253 e. The highest BCUT2D eigenvalue weighted by Gasteiger charge is 2.71. The number of benzene rings is 2. The number of methoxy groups -OCH3 is 1. The number of ether oxygens (including phenoxy) is 2. The Morgan fingerprint density at radius 2 is 1.71 bits per heavy atom. The molecule has 220 valence electrons. The number of carbonyl (C=O) groups excluding carboxylic acids is 3. The van der Waals surface area contributed by atoms with Crippen LogP contribution in [0.2, 0.25) is 0 Å². The summed E-state index contributed by atoms with van der Waals surface area (Å²) in [5.41, 5.74) is 0.431. The van der Waals surface area contributed by atoms with Crippen molar-refractivity contribution in [2.75, 3.05) is 38.3 Å². The van der Waals surface area contributed by atoms with Crippen LogP contribution in [0.25, 0.3) is 0 Å². The first-order chi connectivity index (χ1) is 20.5. The normalized spacial score (nSPS) is 28.4. The maximum atomic E-state index is 14.5. The summed E-state index contributed by atoms with van der Waals surface area (Å²) in [5.74, 6) is -1.49. The van der Waals surface area contributed by atoms with Gasteiger partial charge in [0.2, 0.25) is 11.8 Å². The molecule has 1 unspecified atom stereocenters. The SMILES string of the molecule is COc1ccc(N2CC=C[C@]34O[C@H]5C=CCN(Cc6ccccc6)C(=O)[C@H]5[C@H]3C(=O)N(CCCCCO)C4C2=O)cc1. The van der Waals surface area contributed by atoms with Gasteiger partial charge in [-0.25, -0.2) is 0 Å². The topological polar surface area (TPSA) is 99.6 Å². The Morgan fingerprint density at radius 1 is 0.929 bits per heavy atom. The molecule has 0 bridgehead atoms. The molecule has 4 aliphatic rings. The number of nitrogens with zero attached hydrogens (tertiary/aromatic N) is 3. The minimum Gasteiger partial charge on any atom is -0.497 e. The second kappa shape index (κ2) is 11.7. The predicted molar refractivity (Wildman–Crippen MR) is 157 cm³/mol. The zero-order valence-corrected chi connectivity index (χ0v) is 23.8. The standard InChI is InChI=1S/C33H37N3O6/c1-41-25-15-13-24(14-16-25)35-20-9-17-33-28(31(39)36(29(33)32(35)40)19-6-3-7-21-37)27-26(42-33)12-8-18-34(30(27)38)22-23-10-4-2-5-11-23/h2,4-5,8-17,26-29,37H,3,6-7,18-22H2,1H3/t26-,27+,28-,29?,33-/m0/s1. The summed E-state index contributed by atoms with van der Waals surface area (Å²) in [6, 6.07) is 16.1. The van der Waals surface area contributed by atoms with Crippen LogP contribution in [0.1, 0.15) is 24.8 Å². The van der Waals surface area contributed by atoms with E-state index >= 15 is 0 Å². The Kier molecular flexibility index (Phi) is 7.88. The number of carbonyl (C=O) groups is 3. The number of rotatable bonds is 9. The Morgan fingerprint density at radius 3 is 2.45 bits per heavy atom. The van der Waals surface area contributed by atoms with Crippen molar-refractivity contribution in [1.29, 1.82) is 0 Å². The van der Waals surface area contributed by atoms with Crippen molar-refractivity contribution in [3.05, 3.63) is 84.5 Å². The molecular formula is C33H37N3O6. The van der Waals surface area contributed by atoms with Crippen LogP contribution in [0.5, 0.6) is 5.75 Å². The summed E-state index contributed by atoms with van der Waals surface area (Å²) < 4.78 is 12.0. The van der Waals surface area contributed by atoms with Gasteiger partial charge in [-0.15, -0.1) is 0 Å². The highest BCUT2D eigenvalue weighted by atomic mass is 16.5. The summed E-state index contributed by atoms with van der Waals surface area (Å²) in [5, 5.41) is 9.29. The van der Waals surface area contributed by atoms with Gasteiger partial charge in [0, 0.05) is 38.5 Å². The van der Waals surface area contributed by atoms with Gasteiger partial charge in [-0.3, -0.25) is 14.4 Å². The van der Waals surface area contributed by atoms with Crippen LogP contribution in [-0.2, 0) is 25.7 Å². The molecule has 42 heavy (non-hydrogen) atoms. The van der Waals surface area contributed by atoms with Crippen LogP contribution in [0.3, 0.4) is 0 Å². The fraction of sp³-hybridized carbons (Fsp3) is 0.424. The lowest BCUT2D eigenvalue weighted by Gasteiger charge is -2.35. The highest BCUT2D eigenvalue weighted by Crippen LogP contribution is 2.53. The molecule has 4 aliphatic heterocycles. The number of fused-ring (bicyclic) bond motifs is 2. The summed E-state index contributed by atoms with van der Waals surface area (Å²) in [6.45, 7) is 1.57. The number of likely N-dealkylation sites (tertiary alicyclic amines) is 1. The second-order valence-corrected chi connectivity index (χ2v) is 11.3. The molecule has 2 fully saturated rings. The molecule has 2 aromatic rings. The lowest BCUT2D eigenvalue weighted by atomic mass is 9.77. The molecule has 1 N–H and O–H groups in total. The molecular weight excluding hydrogens is 534 g/mol. The van der Waals surface area contributed by atoms with E-state index in [9.17, 15) is 19.5 Å². The number of anilines is 1. The van der Waals surface area contributed by atoms with Crippen LogP contribution in [-0.4, -0.2) is 83.7 Å². The molecule has 9 nitrogen and oxygen atoms in total. The summed E-state index contributed by atoms with van der Waals surface area (Å²) in [6.07, 6.45) is 8.93. The number of amides is 3. The first-order valence-electron chi connectivity index (χ1n) is 14.7. The van der Waals surface area contributed by atoms with Crippen LogP contribution < -0.4 is 9.64 Å². The van der Waals surface area contributed by atoms with Crippen LogP contribution in [0.15, 0.2) is 78.9 Å². The van der Waals surface area contributed by atoms with Gasteiger partial charge in [-0.05, 0) is 49.1 Å². The van der Waals surface area contributed by atoms with Crippen molar-refractivity contribution >= 4 is 23.4 Å². The zero-order valence-electron chi connectivity index (χ0n) is 23.8. The maximum absolute atomic E-state index is 14.5. The Balaban J connectivity index is 1.36. The Labute approximate surface area is 246 Å². The van der Waals surface area contributed by atoms with Crippen LogP contribution >= 0.6 is 0 Å². The van der Waals surface area contributed by atoms with E-state index in [2.05, 4.69) is 0 Å². The van der Waals surface area contributed by atoms with Crippen molar-refractivity contribution in [3.8, 4) is 5.75 Å². The smallest absolute Gasteiger partial charge is 0.253 e. The van der Waals surface area contributed by atoms with Crippen molar-refractivity contribution in [1.82, 2.24) is 9.80 Å². The van der Waals surface area contributed by atoms with E-state index in [4.69, 9.17) is 9.47 Å². The molecule has 2 saturated heterocycles. The van der Waals surface area contributed by atoms with E-state index < -0.39 is 29.6 Å². The summed E-state index contributed by atoms with van der Waals surface area (Å²) in [4.78, 5) is 48.1. The third kappa shape index (κ3) is 4.80. The third-order valence-corrected chi connectivity index (χ3v) is 8.90. The highest BCUT2D eigenvalue weighted by molar-refractivity contribution is 6.05. The van der Waals surface area contributed by atoms with Crippen molar-refractivity contribution in [2.45, 2.75) is 43.6 Å². The Bertz CT molecular complexity index is 1380. The predicted octanol–water partition coefficient (Wildman–Crippen LogP) is 2.94. The number of aliphatic hydroxyl groups is 1. The minimum absolute atomic E-state index is 0.0712. The van der Waals surface area contributed by atoms with Gasteiger partial charge in [0.1, 0.15) is 17.4 Å². The van der Waals surface area contributed by atoms with Crippen LogP contribution in [0.4, 0.5) is 5.69 Å². The molecule has 2 aromatic carbocycles. The van der Waals surface area contributed by atoms with Crippen molar-refractivity contribution in [3.63, 3.8) is 0 Å². The average molecular weight is 572 g/mol. The van der Waals surface area contributed by atoms with Gasteiger partial charge in [0.15, 0.2) is 0 Å². The largest absolute Gasteiger partial charge is 0.497 e. The van der Waals surface area contributed by atoms with E-state index in [1.165, 1.54) is 0 Å². The van der Waals surface area contributed by atoms with Gasteiger partial charge in [-0.1, -0.05) is 54.6 Å². The van der Waals surface area contributed by atoms with Gasteiger partial charge >= 0.3 is 0 Å². The van der Waals surface area contributed by atoms with Gasteiger partial charge in [0.05, 0.1) is 25.0 Å². The molecule has 3 amide bonds. The van der Waals surface area contributed by atoms with Crippen molar-refractivity contribution in [2.24, 2.45) is 11.8 Å². The molecule has 1 spiro atoms. The summed E-state index contributed by atoms with van der Waals surface area (Å²) >= 11 is 0. The number of hydrogen-bond donors (Lipinski definition) is 1. The molecule has 4 heterocycles. The third-order valence-electron chi connectivity index (χ3n) is 8.90. The fourth-order valence-electron chi connectivity index (χ4n) is 6.94. The first kappa shape index (κ1) is 28.2. The van der Waals surface area contributed by atoms with E-state index in [1.807, 2.05) is 66.8 Å². The van der Waals surface area contributed by atoms with Crippen molar-refractivity contribution < 1.29 is 29.0 Å². The number of hydrogen-bond acceptors (Lipinski definition) is 6. The average Bonchev–Trinajstić information content (AvgIpc) is 3.32. The fourth-order valence-corrected chi connectivity index (χ4v) is 6.94. The first-order valence-corrected chi connectivity index (χ1v) is 14.7. The molecule has 0 radical (unpaired) electrons. The molecule has 6 rings (SSSR count). The monoisotopic (exact) mass is 571 g/mol. The van der Waals surface area contributed by atoms with E-state index in [1.54, 1.807) is 33.9 Å². The second-order valence-electron chi connectivity index (χ2n) is 11.3. The van der Waals surface area contributed by atoms with E-state index in [0.29, 0.717) is 50.5 Å². The number of unbranched alkanes of at least 4 members (excludes halogenated alkanes) is 2. The molecule has 9 heteroatoms. The van der Waals surface area contributed by atoms with E-state index in [-0.39, 0.29) is 24.3 Å². The number of aliphatic hydroxyl groups excluding tert-OH is 1. The lowest BCUT2D eigenvalue weighted by Crippen LogP contribution is -2.55. The quantitative estimate of drug-likeness (QED) is 0.367. The van der Waals surface area contributed by atoms with Gasteiger partial charge in [-0.2, -0.15) is 0 Å². The Hall–Kier alpha value is -3.95.